The number of aryl methyl sites for hydroxylation is 1. The third kappa shape index (κ3) is 4.31. The lowest BCUT2D eigenvalue weighted by Crippen LogP contribution is -2.22. The molecule has 3 rings (SSSR count). The molecule has 23 heavy (non-hydrogen) atoms. The molecule has 0 aromatic carbocycles. The summed E-state index contributed by atoms with van der Waals surface area (Å²) < 4.78 is 33.3. The minimum atomic E-state index is -3.47. The van der Waals surface area contributed by atoms with Crippen LogP contribution in [0.2, 0.25) is 0 Å². The van der Waals surface area contributed by atoms with E-state index in [1.807, 2.05) is 6.92 Å². The van der Waals surface area contributed by atoms with Crippen molar-refractivity contribution in [3.63, 3.8) is 0 Å². The summed E-state index contributed by atoms with van der Waals surface area (Å²) >= 11 is 1.27. The smallest absolute Gasteiger partial charge is 0.250 e. The fraction of sp³-hybridized carbons (Fsp3) is 0.438. The molecule has 0 amide bonds. The maximum Gasteiger partial charge on any atom is 0.250 e. The van der Waals surface area contributed by atoms with E-state index in [9.17, 15) is 8.42 Å². The quantitative estimate of drug-likeness (QED) is 0.866. The van der Waals surface area contributed by atoms with Gasteiger partial charge in [0.1, 0.15) is 10.3 Å². The minimum Gasteiger partial charge on any atom is -0.474 e. The van der Waals surface area contributed by atoms with Crippen molar-refractivity contribution in [1.29, 1.82) is 0 Å². The summed E-state index contributed by atoms with van der Waals surface area (Å²) in [6.07, 6.45) is 6.42. The zero-order chi connectivity index (χ0) is 16.3. The summed E-state index contributed by atoms with van der Waals surface area (Å²) in [5.74, 6) is 0.570. The summed E-state index contributed by atoms with van der Waals surface area (Å²) in [5.41, 5.74) is 0.838. The maximum absolute atomic E-state index is 12.2. The molecule has 1 saturated carbocycles. The van der Waals surface area contributed by atoms with Gasteiger partial charge in [0, 0.05) is 23.7 Å². The molecule has 0 aliphatic heterocycles. The van der Waals surface area contributed by atoms with Gasteiger partial charge < -0.3 is 4.74 Å². The van der Waals surface area contributed by atoms with Crippen molar-refractivity contribution >= 4 is 21.4 Å². The summed E-state index contributed by atoms with van der Waals surface area (Å²) in [4.78, 5) is 5.19. The van der Waals surface area contributed by atoms with Gasteiger partial charge in [0.05, 0.1) is 0 Å². The van der Waals surface area contributed by atoms with E-state index < -0.39 is 10.0 Å². The monoisotopic (exact) mass is 352 g/mol. The summed E-state index contributed by atoms with van der Waals surface area (Å²) in [6.45, 7) is 2.11. The predicted octanol–water partition coefficient (Wildman–Crippen LogP) is 3.25. The van der Waals surface area contributed by atoms with Crippen LogP contribution in [0.25, 0.3) is 0 Å². The van der Waals surface area contributed by atoms with Crippen molar-refractivity contribution in [3.8, 4) is 5.88 Å². The Labute approximate surface area is 140 Å². The van der Waals surface area contributed by atoms with Gasteiger partial charge in [-0.05, 0) is 56.4 Å². The molecule has 7 heteroatoms. The number of ether oxygens (including phenoxy) is 1. The molecule has 2 heterocycles. The molecule has 1 N–H and O–H groups in total. The second-order valence-electron chi connectivity index (χ2n) is 5.72. The molecule has 124 valence electrons. The van der Waals surface area contributed by atoms with Gasteiger partial charge in [0.25, 0.3) is 0 Å². The van der Waals surface area contributed by atoms with Crippen LogP contribution in [-0.4, -0.2) is 19.5 Å². The first-order chi connectivity index (χ1) is 11.0. The average molecular weight is 352 g/mol. The van der Waals surface area contributed by atoms with Crippen molar-refractivity contribution in [2.45, 2.75) is 49.5 Å². The number of rotatable bonds is 6. The zero-order valence-electron chi connectivity index (χ0n) is 13.0. The van der Waals surface area contributed by atoms with Crippen LogP contribution in [0.5, 0.6) is 5.88 Å². The summed E-state index contributed by atoms with van der Waals surface area (Å²) in [6, 6.07) is 7.03. The number of pyridine rings is 1. The molecule has 5 nitrogen and oxygen atoms in total. The highest BCUT2D eigenvalue weighted by molar-refractivity contribution is 7.91. The molecular formula is C16H20N2O3S2. The second kappa shape index (κ2) is 6.98. The second-order valence-corrected chi connectivity index (χ2v) is 9.00. The van der Waals surface area contributed by atoms with Gasteiger partial charge in [-0.1, -0.05) is 0 Å². The predicted molar refractivity (Wildman–Crippen MR) is 90.2 cm³/mol. The number of nitrogens with zero attached hydrogens (tertiary/aromatic N) is 1. The Morgan fingerprint density at radius 1 is 1.30 bits per heavy atom. The lowest BCUT2D eigenvalue weighted by molar-refractivity contribution is 0.201. The highest BCUT2D eigenvalue weighted by Crippen LogP contribution is 2.24. The zero-order valence-corrected chi connectivity index (χ0v) is 14.6. The van der Waals surface area contributed by atoms with Gasteiger partial charge in [-0.2, -0.15) is 0 Å². The Kier molecular flexibility index (Phi) is 4.99. The molecular weight excluding hydrogens is 332 g/mol. The first kappa shape index (κ1) is 16.4. The number of sulfonamides is 1. The molecule has 2 aromatic heterocycles. The third-order valence-electron chi connectivity index (χ3n) is 3.84. The van der Waals surface area contributed by atoms with E-state index in [1.165, 1.54) is 24.2 Å². The number of aromatic nitrogens is 1. The Morgan fingerprint density at radius 2 is 2.09 bits per heavy atom. The molecule has 0 atom stereocenters. The molecule has 0 saturated heterocycles. The number of hydrogen-bond acceptors (Lipinski definition) is 5. The van der Waals surface area contributed by atoms with E-state index in [0.717, 1.165) is 23.3 Å². The highest BCUT2D eigenvalue weighted by Gasteiger charge is 2.18. The van der Waals surface area contributed by atoms with Crippen LogP contribution < -0.4 is 9.46 Å². The Bertz CT molecular complexity index is 765. The molecule has 0 radical (unpaired) electrons. The highest BCUT2D eigenvalue weighted by atomic mass is 32.2. The van der Waals surface area contributed by atoms with Gasteiger partial charge in [0.2, 0.25) is 15.9 Å². The van der Waals surface area contributed by atoms with E-state index in [2.05, 4.69) is 9.71 Å². The van der Waals surface area contributed by atoms with Crippen LogP contribution in [-0.2, 0) is 16.6 Å². The number of nitrogens with one attached hydrogen (secondary N) is 1. The average Bonchev–Trinajstić information content (AvgIpc) is 3.18. The first-order valence-corrected chi connectivity index (χ1v) is 10.0. The van der Waals surface area contributed by atoms with E-state index in [4.69, 9.17) is 4.74 Å². The van der Waals surface area contributed by atoms with Crippen LogP contribution >= 0.6 is 11.3 Å². The van der Waals surface area contributed by atoms with Crippen molar-refractivity contribution in [2.75, 3.05) is 0 Å². The van der Waals surface area contributed by atoms with Crippen molar-refractivity contribution in [3.05, 3.63) is 40.9 Å². The van der Waals surface area contributed by atoms with Crippen LogP contribution in [0.1, 0.15) is 36.1 Å². The van der Waals surface area contributed by atoms with Crippen LogP contribution in [0.4, 0.5) is 0 Å². The van der Waals surface area contributed by atoms with Gasteiger partial charge in [-0.15, -0.1) is 11.3 Å². The van der Waals surface area contributed by atoms with Crippen molar-refractivity contribution in [1.82, 2.24) is 9.71 Å². The summed E-state index contributed by atoms with van der Waals surface area (Å²) in [5, 5.41) is 0. The minimum absolute atomic E-state index is 0.225. The van der Waals surface area contributed by atoms with E-state index >= 15 is 0 Å². The van der Waals surface area contributed by atoms with Crippen LogP contribution in [0.15, 0.2) is 34.7 Å². The van der Waals surface area contributed by atoms with Crippen molar-refractivity contribution in [2.24, 2.45) is 0 Å². The van der Waals surface area contributed by atoms with E-state index in [-0.39, 0.29) is 12.6 Å². The van der Waals surface area contributed by atoms with Gasteiger partial charge >= 0.3 is 0 Å². The third-order valence-corrected chi connectivity index (χ3v) is 6.73. The topological polar surface area (TPSA) is 68.3 Å². The lowest BCUT2D eigenvalue weighted by Gasteiger charge is -2.12. The van der Waals surface area contributed by atoms with Gasteiger partial charge in [-0.3, -0.25) is 0 Å². The van der Waals surface area contributed by atoms with Crippen LogP contribution in [0, 0.1) is 6.92 Å². The summed E-state index contributed by atoms with van der Waals surface area (Å²) in [7, 11) is -3.47. The molecule has 1 aliphatic rings. The van der Waals surface area contributed by atoms with Gasteiger partial charge in [0.15, 0.2) is 0 Å². The van der Waals surface area contributed by atoms with E-state index in [1.54, 1.807) is 30.5 Å². The maximum atomic E-state index is 12.2. The molecule has 0 unspecified atom stereocenters. The van der Waals surface area contributed by atoms with Gasteiger partial charge in [-0.25, -0.2) is 18.1 Å². The SMILES string of the molecule is Cc1ccc(S(=O)(=O)NCc2ccnc(OC3CCCC3)c2)s1. The van der Waals surface area contributed by atoms with E-state index in [0.29, 0.717) is 10.1 Å². The fourth-order valence-electron chi connectivity index (χ4n) is 2.61. The fourth-order valence-corrected chi connectivity index (χ4v) is 4.95. The normalized spacial score (nSPS) is 15.9. The lowest BCUT2D eigenvalue weighted by atomic mass is 10.2. The number of hydrogen-bond donors (Lipinski definition) is 1. The van der Waals surface area contributed by atoms with Crippen LogP contribution in [0.3, 0.4) is 0 Å². The van der Waals surface area contributed by atoms with Crippen molar-refractivity contribution < 1.29 is 13.2 Å². The Balaban J connectivity index is 1.63. The molecule has 0 spiro atoms. The molecule has 1 aliphatic carbocycles. The molecule has 2 aromatic rings. The number of thiophene rings is 1. The Hall–Kier alpha value is -1.44. The largest absolute Gasteiger partial charge is 0.474 e. The first-order valence-electron chi connectivity index (χ1n) is 7.71. The molecule has 1 fully saturated rings. The Morgan fingerprint density at radius 3 is 2.78 bits per heavy atom. The molecule has 0 bridgehead atoms. The standard InChI is InChI=1S/C16H20N2O3S2/c1-12-6-7-16(22-12)23(19,20)18-11-13-8-9-17-15(10-13)21-14-4-2-3-5-14/h6-10,14,18H,2-5,11H2,1H3.